The van der Waals surface area contributed by atoms with Crippen LogP contribution in [0, 0.1) is 0 Å². The minimum atomic E-state index is -0.774. The second-order valence-corrected chi connectivity index (χ2v) is 7.00. The molecule has 0 amide bonds. The summed E-state index contributed by atoms with van der Waals surface area (Å²) in [6.07, 6.45) is -0.774. The zero-order chi connectivity index (χ0) is 18.9. The number of nitrogens with zero attached hydrogens (tertiary/aromatic N) is 2. The molecule has 1 atom stereocenters. The van der Waals surface area contributed by atoms with E-state index in [1.165, 1.54) is 16.3 Å². The molecule has 0 unspecified atom stereocenters. The van der Waals surface area contributed by atoms with Crippen LogP contribution in [0.4, 0.5) is 0 Å². The second kappa shape index (κ2) is 6.95. The summed E-state index contributed by atoms with van der Waals surface area (Å²) in [4.78, 5) is 4.78. The van der Waals surface area contributed by atoms with Crippen molar-refractivity contribution in [3.63, 3.8) is 0 Å². The largest absolute Gasteiger partial charge is 0.380 e. The molecule has 0 aliphatic carbocycles. The molecule has 0 radical (unpaired) electrons. The Hall–Kier alpha value is -3.43. The standard InChI is InChI=1S/C25H20N2O/c28-24(19-10-2-1-3-11-19)25-26-22-15-6-7-16-23(22)27(25)17-20-13-8-12-18-9-4-5-14-21(18)20/h1-16,24,28H,17H2/t24-/m1/s1. The molecule has 0 saturated heterocycles. The van der Waals surface area contributed by atoms with Crippen molar-refractivity contribution in [1.29, 1.82) is 0 Å². The molecule has 0 fully saturated rings. The molecule has 1 heterocycles. The summed E-state index contributed by atoms with van der Waals surface area (Å²) >= 11 is 0. The predicted octanol–water partition coefficient (Wildman–Crippen LogP) is 5.32. The van der Waals surface area contributed by atoms with Crippen molar-refractivity contribution in [1.82, 2.24) is 9.55 Å². The molecule has 0 spiro atoms. The van der Waals surface area contributed by atoms with Gasteiger partial charge in [0.2, 0.25) is 0 Å². The maximum Gasteiger partial charge on any atom is 0.143 e. The molecule has 5 aromatic rings. The van der Waals surface area contributed by atoms with Gasteiger partial charge in [0.05, 0.1) is 17.6 Å². The van der Waals surface area contributed by atoms with Crippen molar-refractivity contribution in [3.05, 3.63) is 114 Å². The quantitative estimate of drug-likeness (QED) is 0.469. The van der Waals surface area contributed by atoms with Gasteiger partial charge in [0, 0.05) is 0 Å². The van der Waals surface area contributed by atoms with E-state index in [1.807, 2.05) is 48.5 Å². The number of imidazole rings is 1. The van der Waals surface area contributed by atoms with Gasteiger partial charge in [-0.3, -0.25) is 0 Å². The fraction of sp³-hybridized carbons (Fsp3) is 0.0800. The van der Waals surface area contributed by atoms with Crippen LogP contribution < -0.4 is 0 Å². The van der Waals surface area contributed by atoms with Crippen LogP contribution >= 0.6 is 0 Å². The Morgan fingerprint density at radius 1 is 0.750 bits per heavy atom. The first kappa shape index (κ1) is 16.7. The van der Waals surface area contributed by atoms with E-state index in [0.29, 0.717) is 12.4 Å². The highest BCUT2D eigenvalue weighted by Crippen LogP contribution is 2.28. The maximum atomic E-state index is 11.1. The van der Waals surface area contributed by atoms with Crippen molar-refractivity contribution in [3.8, 4) is 0 Å². The van der Waals surface area contributed by atoms with E-state index in [9.17, 15) is 5.11 Å². The summed E-state index contributed by atoms with van der Waals surface area (Å²) in [5, 5.41) is 13.5. The molecule has 3 heteroatoms. The van der Waals surface area contributed by atoms with Crippen molar-refractivity contribution in [2.45, 2.75) is 12.6 Å². The van der Waals surface area contributed by atoms with Gasteiger partial charge in [-0.05, 0) is 34.0 Å². The normalized spacial score (nSPS) is 12.5. The third kappa shape index (κ3) is 2.86. The highest BCUT2D eigenvalue weighted by atomic mass is 16.3. The van der Waals surface area contributed by atoms with Crippen LogP contribution in [-0.2, 0) is 6.54 Å². The van der Waals surface area contributed by atoms with Crippen molar-refractivity contribution in [2.75, 3.05) is 0 Å². The molecule has 1 aromatic heterocycles. The van der Waals surface area contributed by atoms with Crippen LogP contribution in [0.1, 0.15) is 23.1 Å². The van der Waals surface area contributed by atoms with E-state index in [4.69, 9.17) is 4.98 Å². The molecule has 0 saturated carbocycles. The molecule has 136 valence electrons. The van der Waals surface area contributed by atoms with E-state index in [-0.39, 0.29) is 0 Å². The van der Waals surface area contributed by atoms with E-state index in [1.54, 1.807) is 0 Å². The summed E-state index contributed by atoms with van der Waals surface area (Å²) in [7, 11) is 0. The lowest BCUT2D eigenvalue weighted by Crippen LogP contribution is -2.11. The van der Waals surface area contributed by atoms with Gasteiger partial charge in [0.25, 0.3) is 0 Å². The van der Waals surface area contributed by atoms with Crippen LogP contribution in [-0.4, -0.2) is 14.7 Å². The number of benzene rings is 4. The van der Waals surface area contributed by atoms with Gasteiger partial charge < -0.3 is 9.67 Å². The third-order valence-electron chi connectivity index (χ3n) is 5.25. The number of hydrogen-bond acceptors (Lipinski definition) is 2. The smallest absolute Gasteiger partial charge is 0.143 e. The highest BCUT2D eigenvalue weighted by molar-refractivity contribution is 5.86. The zero-order valence-corrected chi connectivity index (χ0v) is 15.4. The van der Waals surface area contributed by atoms with Gasteiger partial charge in [0.1, 0.15) is 11.9 Å². The SMILES string of the molecule is O[C@H](c1ccccc1)c1nc2ccccc2n1Cc1cccc2ccccc12. The lowest BCUT2D eigenvalue weighted by Gasteiger charge is -2.15. The zero-order valence-electron chi connectivity index (χ0n) is 15.4. The Morgan fingerprint density at radius 3 is 2.36 bits per heavy atom. The first-order valence-corrected chi connectivity index (χ1v) is 9.46. The average molecular weight is 364 g/mol. The minimum Gasteiger partial charge on any atom is -0.380 e. The summed E-state index contributed by atoms with van der Waals surface area (Å²) in [5.74, 6) is 0.667. The van der Waals surface area contributed by atoms with E-state index in [2.05, 4.69) is 53.1 Å². The topological polar surface area (TPSA) is 38.1 Å². The lowest BCUT2D eigenvalue weighted by atomic mass is 10.0. The van der Waals surface area contributed by atoms with Crippen molar-refractivity contribution in [2.24, 2.45) is 0 Å². The van der Waals surface area contributed by atoms with Crippen LogP contribution in [0.2, 0.25) is 0 Å². The molecule has 0 aliphatic rings. The molecule has 3 nitrogen and oxygen atoms in total. The highest BCUT2D eigenvalue weighted by Gasteiger charge is 2.20. The van der Waals surface area contributed by atoms with Crippen molar-refractivity contribution < 1.29 is 5.11 Å². The van der Waals surface area contributed by atoms with Gasteiger partial charge in [0.15, 0.2) is 0 Å². The summed E-state index contributed by atoms with van der Waals surface area (Å²) in [6, 6.07) is 32.5. The number of aliphatic hydroxyl groups is 1. The summed E-state index contributed by atoms with van der Waals surface area (Å²) in [5.41, 5.74) is 3.98. The molecule has 0 bridgehead atoms. The van der Waals surface area contributed by atoms with Gasteiger partial charge in [-0.2, -0.15) is 0 Å². The van der Waals surface area contributed by atoms with Gasteiger partial charge >= 0.3 is 0 Å². The average Bonchev–Trinajstić information content (AvgIpc) is 3.12. The van der Waals surface area contributed by atoms with Crippen LogP contribution in [0.3, 0.4) is 0 Å². The molecule has 28 heavy (non-hydrogen) atoms. The van der Waals surface area contributed by atoms with Gasteiger partial charge in [-0.25, -0.2) is 4.98 Å². The van der Waals surface area contributed by atoms with E-state index >= 15 is 0 Å². The van der Waals surface area contributed by atoms with Gasteiger partial charge in [-0.1, -0.05) is 84.9 Å². The molecular formula is C25H20N2O. The number of aromatic nitrogens is 2. The van der Waals surface area contributed by atoms with E-state index < -0.39 is 6.10 Å². The molecule has 4 aromatic carbocycles. The number of fused-ring (bicyclic) bond motifs is 2. The lowest BCUT2D eigenvalue weighted by molar-refractivity contribution is 0.206. The Bertz CT molecular complexity index is 1250. The Morgan fingerprint density at radius 2 is 1.46 bits per heavy atom. The second-order valence-electron chi connectivity index (χ2n) is 7.00. The number of hydrogen-bond donors (Lipinski definition) is 1. The predicted molar refractivity (Wildman–Crippen MR) is 113 cm³/mol. The molecular weight excluding hydrogens is 344 g/mol. The number of para-hydroxylation sites is 2. The third-order valence-corrected chi connectivity index (χ3v) is 5.25. The summed E-state index contributed by atoms with van der Waals surface area (Å²) in [6.45, 7) is 0.654. The summed E-state index contributed by atoms with van der Waals surface area (Å²) < 4.78 is 2.13. The van der Waals surface area contributed by atoms with Crippen LogP contribution in [0.15, 0.2) is 97.1 Å². The first-order valence-electron chi connectivity index (χ1n) is 9.46. The minimum absolute atomic E-state index is 0.654. The Kier molecular flexibility index (Phi) is 4.15. The maximum absolute atomic E-state index is 11.1. The monoisotopic (exact) mass is 364 g/mol. The number of aliphatic hydroxyl groups excluding tert-OH is 1. The molecule has 1 N–H and O–H groups in total. The van der Waals surface area contributed by atoms with Gasteiger partial charge in [-0.15, -0.1) is 0 Å². The Balaban J connectivity index is 1.68. The number of rotatable bonds is 4. The fourth-order valence-corrected chi connectivity index (χ4v) is 3.85. The molecule has 0 aliphatic heterocycles. The van der Waals surface area contributed by atoms with E-state index in [0.717, 1.165) is 16.6 Å². The van der Waals surface area contributed by atoms with Crippen molar-refractivity contribution >= 4 is 21.8 Å². The Labute approximate surface area is 163 Å². The fourth-order valence-electron chi connectivity index (χ4n) is 3.85. The van der Waals surface area contributed by atoms with Crippen LogP contribution in [0.5, 0.6) is 0 Å². The molecule has 5 rings (SSSR count). The van der Waals surface area contributed by atoms with Crippen LogP contribution in [0.25, 0.3) is 21.8 Å². The first-order chi connectivity index (χ1) is 13.8.